The number of anilines is 1. The van der Waals surface area contributed by atoms with E-state index in [-0.39, 0.29) is 25.1 Å². The van der Waals surface area contributed by atoms with E-state index in [1.54, 1.807) is 17.1 Å². The topological polar surface area (TPSA) is 64.1 Å². The predicted molar refractivity (Wildman–Crippen MR) is 138 cm³/mol. The molecule has 2 aliphatic heterocycles. The molecule has 0 spiro atoms. The van der Waals surface area contributed by atoms with Crippen LogP contribution in [0, 0.1) is 6.92 Å². The lowest BCUT2D eigenvalue weighted by Gasteiger charge is -2.28. The number of morpholine rings is 1. The third-order valence-electron chi connectivity index (χ3n) is 5.69. The number of ether oxygens (including phenoxy) is 3. The molecule has 0 unspecified atom stereocenters. The summed E-state index contributed by atoms with van der Waals surface area (Å²) in [5, 5.41) is 1.34. The van der Waals surface area contributed by atoms with E-state index < -0.39 is 0 Å². The SMILES string of the molecule is Cc1cc(Cl)cc2sc(N(CCN3CCOCC3)C(=O)C=Cc3ccc4c(c3)OCO4)nc12.Cl. The summed E-state index contributed by atoms with van der Waals surface area (Å²) in [4.78, 5) is 22.2. The number of nitrogens with zero attached hydrogens (tertiary/aromatic N) is 3. The minimum absolute atomic E-state index is 0. The van der Waals surface area contributed by atoms with Crippen LogP contribution >= 0.6 is 35.3 Å². The van der Waals surface area contributed by atoms with Gasteiger partial charge in [0.25, 0.3) is 5.91 Å². The Labute approximate surface area is 213 Å². The summed E-state index contributed by atoms with van der Waals surface area (Å²) in [5.74, 6) is 1.28. The van der Waals surface area contributed by atoms with Gasteiger partial charge in [0.05, 0.1) is 23.4 Å². The maximum atomic E-state index is 13.3. The fourth-order valence-electron chi connectivity index (χ4n) is 3.90. The van der Waals surface area contributed by atoms with Crippen molar-refractivity contribution >= 4 is 62.7 Å². The molecule has 2 aliphatic rings. The first-order valence-electron chi connectivity index (χ1n) is 10.8. The average molecular weight is 522 g/mol. The normalized spacial score (nSPS) is 15.6. The first kappa shape index (κ1) is 24.8. The lowest BCUT2D eigenvalue weighted by molar-refractivity contribution is -0.114. The zero-order chi connectivity index (χ0) is 22.8. The van der Waals surface area contributed by atoms with Gasteiger partial charge in [0, 0.05) is 37.3 Å². The third-order valence-corrected chi connectivity index (χ3v) is 6.94. The molecule has 1 saturated heterocycles. The quantitative estimate of drug-likeness (QED) is 0.434. The molecule has 3 aromatic rings. The number of thiazole rings is 1. The van der Waals surface area contributed by atoms with Crippen molar-refractivity contribution in [2.24, 2.45) is 0 Å². The number of carbonyl (C=O) groups excluding carboxylic acids is 1. The zero-order valence-electron chi connectivity index (χ0n) is 18.7. The Bertz CT molecular complexity index is 1210. The molecular formula is C24H25Cl2N3O4S. The molecule has 0 atom stereocenters. The number of hydrogen-bond acceptors (Lipinski definition) is 7. The number of aromatic nitrogens is 1. The molecule has 1 aromatic heterocycles. The van der Waals surface area contributed by atoms with Gasteiger partial charge >= 0.3 is 0 Å². The summed E-state index contributed by atoms with van der Waals surface area (Å²) in [6.07, 6.45) is 3.38. The van der Waals surface area contributed by atoms with Crippen LogP contribution in [0.2, 0.25) is 5.02 Å². The summed E-state index contributed by atoms with van der Waals surface area (Å²) >= 11 is 7.73. The van der Waals surface area contributed by atoms with E-state index >= 15 is 0 Å². The molecule has 0 radical (unpaired) electrons. The van der Waals surface area contributed by atoms with Crippen molar-refractivity contribution in [3.63, 3.8) is 0 Å². The van der Waals surface area contributed by atoms with Crippen LogP contribution in [0.4, 0.5) is 5.13 Å². The number of fused-ring (bicyclic) bond motifs is 2. The standard InChI is InChI=1S/C24H24ClN3O4S.ClH/c1-16-12-18(25)14-21-23(16)26-24(33-21)28(7-6-27-8-10-30-11-9-27)22(29)5-3-17-2-4-19-20(13-17)32-15-31-19;/h2-5,12-14H,6-11,15H2,1H3;1H. The number of benzene rings is 2. The maximum Gasteiger partial charge on any atom is 0.252 e. The smallest absolute Gasteiger partial charge is 0.252 e. The maximum absolute atomic E-state index is 13.3. The molecule has 5 rings (SSSR count). The van der Waals surface area contributed by atoms with Crippen LogP contribution in [0.25, 0.3) is 16.3 Å². The van der Waals surface area contributed by atoms with Crippen molar-refractivity contribution in [2.45, 2.75) is 6.92 Å². The highest BCUT2D eigenvalue weighted by Crippen LogP contribution is 2.34. The van der Waals surface area contributed by atoms with E-state index in [1.165, 1.54) is 11.3 Å². The number of rotatable bonds is 6. The van der Waals surface area contributed by atoms with Crippen molar-refractivity contribution in [3.8, 4) is 11.5 Å². The summed E-state index contributed by atoms with van der Waals surface area (Å²) < 4.78 is 17.2. The van der Waals surface area contributed by atoms with Crippen molar-refractivity contribution in [1.82, 2.24) is 9.88 Å². The van der Waals surface area contributed by atoms with Crippen LogP contribution < -0.4 is 14.4 Å². The molecule has 0 aliphatic carbocycles. The van der Waals surface area contributed by atoms with Gasteiger partial charge in [-0.3, -0.25) is 14.6 Å². The highest BCUT2D eigenvalue weighted by atomic mass is 35.5. The second kappa shape index (κ2) is 10.9. The van der Waals surface area contributed by atoms with Gasteiger partial charge in [-0.25, -0.2) is 4.98 Å². The number of hydrogen-bond donors (Lipinski definition) is 0. The molecule has 3 heterocycles. The van der Waals surface area contributed by atoms with Gasteiger partial charge in [-0.1, -0.05) is 29.0 Å². The zero-order valence-corrected chi connectivity index (χ0v) is 21.0. The van der Waals surface area contributed by atoms with Crippen LogP contribution in [0.5, 0.6) is 11.5 Å². The van der Waals surface area contributed by atoms with Crippen LogP contribution in [0.3, 0.4) is 0 Å². The van der Waals surface area contributed by atoms with E-state index in [9.17, 15) is 4.79 Å². The summed E-state index contributed by atoms with van der Waals surface area (Å²) in [6.45, 7) is 6.66. The molecule has 1 fully saturated rings. The Morgan fingerprint density at radius 2 is 2.00 bits per heavy atom. The Hall–Kier alpha value is -2.36. The second-order valence-electron chi connectivity index (χ2n) is 7.96. The van der Waals surface area contributed by atoms with Crippen LogP contribution in [0.15, 0.2) is 36.4 Å². The second-order valence-corrected chi connectivity index (χ2v) is 9.40. The average Bonchev–Trinajstić information content (AvgIpc) is 3.45. The first-order chi connectivity index (χ1) is 16.1. The lowest BCUT2D eigenvalue weighted by Crippen LogP contribution is -2.42. The Morgan fingerprint density at radius 3 is 2.82 bits per heavy atom. The third kappa shape index (κ3) is 5.47. The molecule has 180 valence electrons. The fraction of sp³-hybridized carbons (Fsp3) is 0.333. The van der Waals surface area contributed by atoms with Gasteiger partial charge in [-0.15, -0.1) is 12.4 Å². The van der Waals surface area contributed by atoms with E-state index in [0.29, 0.717) is 28.2 Å². The minimum Gasteiger partial charge on any atom is -0.454 e. The molecule has 0 saturated carbocycles. The van der Waals surface area contributed by atoms with Gasteiger partial charge < -0.3 is 14.2 Å². The van der Waals surface area contributed by atoms with E-state index in [4.69, 9.17) is 30.8 Å². The Kier molecular flexibility index (Phi) is 7.95. The predicted octanol–water partition coefficient (Wildman–Crippen LogP) is 4.79. The summed E-state index contributed by atoms with van der Waals surface area (Å²) in [5.41, 5.74) is 2.74. The molecule has 7 nitrogen and oxygen atoms in total. The highest BCUT2D eigenvalue weighted by Gasteiger charge is 2.21. The van der Waals surface area contributed by atoms with E-state index in [2.05, 4.69) is 4.90 Å². The summed E-state index contributed by atoms with van der Waals surface area (Å²) in [6, 6.07) is 9.42. The molecule has 34 heavy (non-hydrogen) atoms. The fourth-order valence-corrected chi connectivity index (χ4v) is 5.35. The Balaban J connectivity index is 0.00000274. The monoisotopic (exact) mass is 521 g/mol. The van der Waals surface area contributed by atoms with Gasteiger partial charge in [0.15, 0.2) is 16.6 Å². The van der Waals surface area contributed by atoms with E-state index in [0.717, 1.165) is 54.2 Å². The van der Waals surface area contributed by atoms with Crippen LogP contribution in [-0.2, 0) is 9.53 Å². The molecule has 1 amide bonds. The van der Waals surface area contributed by atoms with Crippen LogP contribution in [-0.4, -0.2) is 62.0 Å². The molecule has 10 heteroatoms. The number of aryl methyl sites for hydroxylation is 1. The lowest BCUT2D eigenvalue weighted by atomic mass is 10.2. The van der Waals surface area contributed by atoms with E-state index in [1.807, 2.05) is 37.3 Å². The molecular weight excluding hydrogens is 497 g/mol. The minimum atomic E-state index is -0.122. The molecule has 0 bridgehead atoms. The van der Waals surface area contributed by atoms with Gasteiger partial charge in [-0.05, 0) is 48.4 Å². The molecule has 0 N–H and O–H groups in total. The van der Waals surface area contributed by atoms with Crippen LogP contribution in [0.1, 0.15) is 11.1 Å². The number of halogens is 2. The van der Waals surface area contributed by atoms with Crippen molar-refractivity contribution < 1.29 is 19.0 Å². The summed E-state index contributed by atoms with van der Waals surface area (Å²) in [7, 11) is 0. The Morgan fingerprint density at radius 1 is 1.21 bits per heavy atom. The van der Waals surface area contributed by atoms with Gasteiger partial charge in [0.2, 0.25) is 6.79 Å². The van der Waals surface area contributed by atoms with Crippen molar-refractivity contribution in [2.75, 3.05) is 51.1 Å². The van der Waals surface area contributed by atoms with Gasteiger partial charge in [0.1, 0.15) is 0 Å². The number of amides is 1. The molecule has 2 aromatic carbocycles. The number of carbonyl (C=O) groups is 1. The first-order valence-corrected chi connectivity index (χ1v) is 12.0. The highest BCUT2D eigenvalue weighted by molar-refractivity contribution is 7.22. The van der Waals surface area contributed by atoms with Gasteiger partial charge in [-0.2, -0.15) is 0 Å². The van der Waals surface area contributed by atoms with Crippen molar-refractivity contribution in [1.29, 1.82) is 0 Å². The largest absolute Gasteiger partial charge is 0.454 e. The van der Waals surface area contributed by atoms with Crippen molar-refractivity contribution in [3.05, 3.63) is 52.6 Å².